The molecule has 0 spiro atoms. The number of amides is 1. The minimum atomic E-state index is -4.58. The highest BCUT2D eigenvalue weighted by Gasteiger charge is 2.36. The van der Waals surface area contributed by atoms with Gasteiger partial charge in [0.25, 0.3) is 5.91 Å². The van der Waals surface area contributed by atoms with Gasteiger partial charge in [0.15, 0.2) is 0 Å². The van der Waals surface area contributed by atoms with Crippen LogP contribution in [0.3, 0.4) is 0 Å². The highest BCUT2D eigenvalue weighted by Crippen LogP contribution is 2.34. The number of hydrogen-bond donors (Lipinski definition) is 2. The molecule has 122 valence electrons. The summed E-state index contributed by atoms with van der Waals surface area (Å²) < 4.78 is 37.7. The van der Waals surface area contributed by atoms with Crippen LogP contribution in [0.2, 0.25) is 0 Å². The van der Waals surface area contributed by atoms with E-state index in [1.165, 1.54) is 4.90 Å². The molecule has 4 nitrogen and oxygen atoms in total. The zero-order chi connectivity index (χ0) is 16.5. The molecule has 2 rings (SSSR count). The molecule has 0 bridgehead atoms. The van der Waals surface area contributed by atoms with E-state index in [2.05, 4.69) is 0 Å². The predicted octanol–water partition coefficient (Wildman–Crippen LogP) is 2.79. The van der Waals surface area contributed by atoms with Crippen LogP contribution in [0, 0.1) is 0 Å². The molecule has 1 aromatic rings. The number of carbonyl (C=O) groups is 1. The van der Waals surface area contributed by atoms with Gasteiger partial charge >= 0.3 is 6.18 Å². The monoisotopic (exact) mass is 317 g/mol. The van der Waals surface area contributed by atoms with E-state index in [1.54, 1.807) is 6.92 Å². The third kappa shape index (κ3) is 3.19. The molecule has 1 heterocycles. The summed E-state index contributed by atoms with van der Waals surface area (Å²) in [6.45, 7) is 2.21. The molecule has 1 saturated heterocycles. The van der Waals surface area contributed by atoms with Gasteiger partial charge < -0.3 is 15.1 Å². The summed E-state index contributed by atoms with van der Waals surface area (Å²) >= 11 is 0. The fourth-order valence-corrected chi connectivity index (χ4v) is 2.76. The summed E-state index contributed by atoms with van der Waals surface area (Å²) in [5.74, 6) is -1.25. The number of hydrogen-bond acceptors (Lipinski definition) is 3. The number of aliphatic hydroxyl groups excluding tert-OH is 1. The molecule has 2 N–H and O–H groups in total. The second kappa shape index (κ2) is 6.16. The lowest BCUT2D eigenvalue weighted by atomic mass is 10.0. The first-order valence-electron chi connectivity index (χ1n) is 7.15. The van der Waals surface area contributed by atoms with Gasteiger partial charge in [0, 0.05) is 6.54 Å². The molecule has 1 aromatic carbocycles. The van der Waals surface area contributed by atoms with E-state index in [1.807, 2.05) is 0 Å². The molecule has 1 amide bonds. The first kappa shape index (κ1) is 16.6. The second-order valence-corrected chi connectivity index (χ2v) is 5.41. The summed E-state index contributed by atoms with van der Waals surface area (Å²) in [7, 11) is 0. The number of aliphatic hydroxyl groups is 1. The Bertz CT molecular complexity index is 559. The number of phenols is 1. The number of likely N-dealkylation sites (tertiary alicyclic amines) is 1. The number of aromatic hydroxyl groups is 1. The van der Waals surface area contributed by atoms with Crippen molar-refractivity contribution in [1.82, 2.24) is 4.90 Å². The maximum atomic E-state index is 12.6. The van der Waals surface area contributed by atoms with E-state index in [9.17, 15) is 28.2 Å². The van der Waals surface area contributed by atoms with Crippen LogP contribution in [0.4, 0.5) is 13.2 Å². The van der Waals surface area contributed by atoms with E-state index in [-0.39, 0.29) is 11.6 Å². The zero-order valence-corrected chi connectivity index (χ0v) is 12.1. The van der Waals surface area contributed by atoms with Gasteiger partial charge in [-0.2, -0.15) is 13.2 Å². The van der Waals surface area contributed by atoms with Crippen LogP contribution in [0.5, 0.6) is 5.75 Å². The average molecular weight is 317 g/mol. The molecule has 1 fully saturated rings. The van der Waals surface area contributed by atoms with Gasteiger partial charge in [0.05, 0.1) is 23.3 Å². The second-order valence-electron chi connectivity index (χ2n) is 5.41. The number of phenolic OH excluding ortho intramolecular Hbond substituents is 1. The van der Waals surface area contributed by atoms with Crippen LogP contribution in [-0.2, 0) is 6.18 Å². The van der Waals surface area contributed by atoms with Crippen molar-refractivity contribution in [2.45, 2.75) is 44.5 Å². The minimum absolute atomic E-state index is 0.178. The topological polar surface area (TPSA) is 60.8 Å². The molecular weight excluding hydrogens is 299 g/mol. The maximum Gasteiger partial charge on any atom is 0.416 e. The number of nitrogens with zero attached hydrogens (tertiary/aromatic N) is 1. The van der Waals surface area contributed by atoms with Crippen LogP contribution >= 0.6 is 0 Å². The standard InChI is InChI=1S/C15H18F3NO3/c1-2-12(20)11-4-3-7-19(11)14(22)10-6-5-9(8-13(10)21)15(16,17)18/h5-6,8,11-12,20-21H,2-4,7H2,1H3/t11-,12?/m0/s1. The maximum absolute atomic E-state index is 12.6. The normalized spacial score (nSPS) is 20.2. The largest absolute Gasteiger partial charge is 0.507 e. The Labute approximate surface area is 126 Å². The van der Waals surface area contributed by atoms with Crippen molar-refractivity contribution in [3.05, 3.63) is 29.3 Å². The smallest absolute Gasteiger partial charge is 0.416 e. The number of halogens is 3. The van der Waals surface area contributed by atoms with Gasteiger partial charge in [-0.15, -0.1) is 0 Å². The Morgan fingerprint density at radius 3 is 2.68 bits per heavy atom. The SMILES string of the molecule is CCC(O)[C@@H]1CCCN1C(=O)c1ccc(C(F)(F)F)cc1O. The fraction of sp³-hybridized carbons (Fsp3) is 0.533. The number of carbonyl (C=O) groups excluding carboxylic acids is 1. The number of alkyl halides is 3. The van der Waals surface area contributed by atoms with E-state index >= 15 is 0 Å². The lowest BCUT2D eigenvalue weighted by molar-refractivity contribution is -0.137. The Hall–Kier alpha value is -1.76. The molecule has 7 heteroatoms. The summed E-state index contributed by atoms with van der Waals surface area (Å²) in [5, 5.41) is 19.7. The Balaban J connectivity index is 2.26. The molecule has 22 heavy (non-hydrogen) atoms. The molecule has 1 unspecified atom stereocenters. The van der Waals surface area contributed by atoms with Crippen molar-refractivity contribution in [2.24, 2.45) is 0 Å². The average Bonchev–Trinajstić information content (AvgIpc) is 2.94. The number of benzene rings is 1. The molecule has 0 aromatic heterocycles. The van der Waals surface area contributed by atoms with Crippen molar-refractivity contribution in [3.63, 3.8) is 0 Å². The van der Waals surface area contributed by atoms with Crippen LogP contribution in [0.1, 0.15) is 42.1 Å². The molecule has 2 atom stereocenters. The lowest BCUT2D eigenvalue weighted by Crippen LogP contribution is -2.42. The van der Waals surface area contributed by atoms with Gasteiger partial charge in [0.1, 0.15) is 5.75 Å². The van der Waals surface area contributed by atoms with Crippen LogP contribution in [-0.4, -0.2) is 39.7 Å². The van der Waals surface area contributed by atoms with Gasteiger partial charge in [-0.1, -0.05) is 6.92 Å². The quantitative estimate of drug-likeness (QED) is 0.901. The van der Waals surface area contributed by atoms with Crippen molar-refractivity contribution in [1.29, 1.82) is 0 Å². The van der Waals surface area contributed by atoms with E-state index < -0.39 is 29.5 Å². The van der Waals surface area contributed by atoms with Crippen molar-refractivity contribution >= 4 is 5.91 Å². The third-order valence-corrected chi connectivity index (χ3v) is 3.98. The molecule has 0 saturated carbocycles. The molecule has 0 aliphatic carbocycles. The Kier molecular flexibility index (Phi) is 4.65. The van der Waals surface area contributed by atoms with E-state index in [0.717, 1.165) is 18.6 Å². The van der Waals surface area contributed by atoms with Gasteiger partial charge in [0.2, 0.25) is 0 Å². The molecule has 0 radical (unpaired) electrons. The van der Waals surface area contributed by atoms with Crippen molar-refractivity contribution in [3.8, 4) is 5.75 Å². The van der Waals surface area contributed by atoms with E-state index in [4.69, 9.17) is 0 Å². The number of rotatable bonds is 3. The lowest BCUT2D eigenvalue weighted by Gasteiger charge is -2.28. The molecule has 1 aliphatic rings. The summed E-state index contributed by atoms with van der Waals surface area (Å²) in [4.78, 5) is 13.9. The third-order valence-electron chi connectivity index (χ3n) is 3.98. The summed E-state index contributed by atoms with van der Waals surface area (Å²) in [5.41, 5.74) is -1.18. The van der Waals surface area contributed by atoms with Crippen molar-refractivity contribution < 1.29 is 28.2 Å². The Morgan fingerprint density at radius 2 is 2.14 bits per heavy atom. The van der Waals surface area contributed by atoms with Crippen LogP contribution in [0.15, 0.2) is 18.2 Å². The van der Waals surface area contributed by atoms with Gasteiger partial charge in [-0.05, 0) is 37.5 Å². The molecule has 1 aliphatic heterocycles. The van der Waals surface area contributed by atoms with Crippen molar-refractivity contribution in [2.75, 3.05) is 6.54 Å². The first-order chi connectivity index (χ1) is 10.3. The van der Waals surface area contributed by atoms with Gasteiger partial charge in [-0.25, -0.2) is 0 Å². The minimum Gasteiger partial charge on any atom is -0.507 e. The zero-order valence-electron chi connectivity index (χ0n) is 12.1. The first-order valence-corrected chi connectivity index (χ1v) is 7.15. The highest BCUT2D eigenvalue weighted by atomic mass is 19.4. The Morgan fingerprint density at radius 1 is 1.45 bits per heavy atom. The van der Waals surface area contributed by atoms with Gasteiger partial charge in [-0.3, -0.25) is 4.79 Å². The fourth-order valence-electron chi connectivity index (χ4n) is 2.76. The van der Waals surface area contributed by atoms with Crippen LogP contribution < -0.4 is 0 Å². The van der Waals surface area contributed by atoms with Crippen LogP contribution in [0.25, 0.3) is 0 Å². The predicted molar refractivity (Wildman–Crippen MR) is 73.5 cm³/mol. The summed E-state index contributed by atoms with van der Waals surface area (Å²) in [6, 6.07) is 1.94. The summed E-state index contributed by atoms with van der Waals surface area (Å²) in [6.07, 6.45) is -3.42. The highest BCUT2D eigenvalue weighted by molar-refractivity contribution is 5.97. The molecular formula is C15H18F3NO3. The van der Waals surface area contributed by atoms with E-state index in [0.29, 0.717) is 25.5 Å².